The van der Waals surface area contributed by atoms with Crippen LogP contribution in [0, 0.1) is 10.1 Å². The first-order valence-corrected chi connectivity index (χ1v) is 8.38. The molecular weight excluding hydrogens is 368 g/mol. The van der Waals surface area contributed by atoms with Crippen LogP contribution in [0.4, 0.5) is 5.69 Å². The predicted molar refractivity (Wildman–Crippen MR) is 98.0 cm³/mol. The van der Waals surface area contributed by atoms with Crippen molar-refractivity contribution < 1.29 is 29.1 Å². The van der Waals surface area contributed by atoms with Gasteiger partial charge in [0.2, 0.25) is 6.79 Å². The second kappa shape index (κ2) is 7.18. The van der Waals surface area contributed by atoms with Crippen LogP contribution in [0.25, 0.3) is 0 Å². The maximum Gasteiger partial charge on any atom is 0.335 e. The van der Waals surface area contributed by atoms with Crippen molar-refractivity contribution in [2.75, 3.05) is 13.3 Å². The fourth-order valence-corrected chi connectivity index (χ4v) is 2.79. The second-order valence-electron chi connectivity index (χ2n) is 6.97. The van der Waals surface area contributed by atoms with E-state index in [1.165, 1.54) is 0 Å². The van der Waals surface area contributed by atoms with Gasteiger partial charge in [-0.25, -0.2) is 4.79 Å². The first kappa shape index (κ1) is 19.2. The van der Waals surface area contributed by atoms with E-state index < -0.39 is 27.9 Å². The van der Waals surface area contributed by atoms with Crippen LogP contribution in [-0.2, 0) is 5.41 Å². The average Bonchev–Trinajstić information content (AvgIpc) is 3.13. The van der Waals surface area contributed by atoms with E-state index in [0.717, 1.165) is 23.8 Å². The summed E-state index contributed by atoms with van der Waals surface area (Å²) in [6, 6.07) is 8.57. The van der Waals surface area contributed by atoms with Crippen molar-refractivity contribution in [2.45, 2.75) is 19.3 Å². The summed E-state index contributed by atoms with van der Waals surface area (Å²) in [6.45, 7) is 4.22. The maximum atomic E-state index is 12.5. The molecule has 9 heteroatoms. The molecule has 1 amide bonds. The highest BCUT2D eigenvalue weighted by Crippen LogP contribution is 2.36. The number of rotatable bonds is 6. The Hall–Kier alpha value is -3.62. The van der Waals surface area contributed by atoms with Gasteiger partial charge in [0.25, 0.3) is 11.6 Å². The van der Waals surface area contributed by atoms with E-state index in [1.807, 2.05) is 26.0 Å². The number of aromatic carboxylic acids is 1. The minimum atomic E-state index is -1.35. The third-order valence-corrected chi connectivity index (χ3v) is 4.48. The van der Waals surface area contributed by atoms with Crippen LogP contribution >= 0.6 is 0 Å². The number of ether oxygens (including phenoxy) is 2. The van der Waals surface area contributed by atoms with Crippen LogP contribution in [0.3, 0.4) is 0 Å². The predicted octanol–water partition coefficient (Wildman–Crippen LogP) is 2.73. The van der Waals surface area contributed by atoms with Crippen molar-refractivity contribution in [1.82, 2.24) is 5.32 Å². The number of fused-ring (bicyclic) bond motifs is 1. The molecular formula is C19H18N2O7. The standard InChI is InChI=1S/C19H18N2O7/c1-19(2,13-3-4-15-16(8-13)28-10-27-15)9-20-17(22)11-5-12(18(23)24)7-14(6-11)21(25)26/h3-8H,9-10H2,1-2H3,(H,20,22)(H,23,24). The van der Waals surface area contributed by atoms with Crippen molar-refractivity contribution in [3.8, 4) is 11.5 Å². The lowest BCUT2D eigenvalue weighted by Crippen LogP contribution is -2.36. The van der Waals surface area contributed by atoms with Gasteiger partial charge in [0, 0.05) is 29.7 Å². The summed E-state index contributed by atoms with van der Waals surface area (Å²) in [5.74, 6) is -0.665. The fourth-order valence-electron chi connectivity index (χ4n) is 2.79. The van der Waals surface area contributed by atoms with E-state index in [-0.39, 0.29) is 24.5 Å². The second-order valence-corrected chi connectivity index (χ2v) is 6.97. The van der Waals surface area contributed by atoms with Gasteiger partial charge in [0.15, 0.2) is 11.5 Å². The SMILES string of the molecule is CC(C)(CNC(=O)c1cc(C(=O)O)cc([N+](=O)[O-])c1)c1ccc2c(c1)OCO2. The number of hydrogen-bond acceptors (Lipinski definition) is 6. The van der Waals surface area contributed by atoms with Gasteiger partial charge in [-0.05, 0) is 23.8 Å². The van der Waals surface area contributed by atoms with Crippen LogP contribution in [0.2, 0.25) is 0 Å². The lowest BCUT2D eigenvalue weighted by Gasteiger charge is -2.26. The third kappa shape index (κ3) is 3.88. The van der Waals surface area contributed by atoms with E-state index in [2.05, 4.69) is 5.32 Å². The minimum Gasteiger partial charge on any atom is -0.478 e. The van der Waals surface area contributed by atoms with Crippen LogP contribution in [0.15, 0.2) is 36.4 Å². The van der Waals surface area contributed by atoms with Crippen LogP contribution in [0.1, 0.15) is 40.1 Å². The topological polar surface area (TPSA) is 128 Å². The highest BCUT2D eigenvalue weighted by Gasteiger charge is 2.25. The van der Waals surface area contributed by atoms with E-state index in [4.69, 9.17) is 14.6 Å². The summed E-state index contributed by atoms with van der Waals surface area (Å²) in [4.78, 5) is 33.9. The number of carboxylic acid groups (broad SMARTS) is 1. The van der Waals surface area contributed by atoms with E-state index in [1.54, 1.807) is 6.07 Å². The molecule has 1 heterocycles. The number of hydrogen-bond donors (Lipinski definition) is 2. The average molecular weight is 386 g/mol. The summed E-state index contributed by atoms with van der Waals surface area (Å²) in [6.07, 6.45) is 0. The van der Waals surface area contributed by atoms with Crippen molar-refractivity contribution in [2.24, 2.45) is 0 Å². The van der Waals surface area contributed by atoms with Crippen molar-refractivity contribution in [1.29, 1.82) is 0 Å². The minimum absolute atomic E-state index is 0.0897. The first-order chi connectivity index (χ1) is 13.2. The zero-order valence-corrected chi connectivity index (χ0v) is 15.2. The molecule has 1 aliphatic rings. The van der Waals surface area contributed by atoms with E-state index in [0.29, 0.717) is 11.5 Å². The molecule has 2 N–H and O–H groups in total. The number of nitrogens with one attached hydrogen (secondary N) is 1. The van der Waals surface area contributed by atoms with Gasteiger partial charge in [-0.15, -0.1) is 0 Å². The molecule has 0 saturated heterocycles. The Bertz CT molecular complexity index is 936. The molecule has 1 aliphatic heterocycles. The molecule has 0 spiro atoms. The Balaban J connectivity index is 1.77. The van der Waals surface area contributed by atoms with Gasteiger partial charge in [-0.2, -0.15) is 0 Å². The van der Waals surface area contributed by atoms with E-state index in [9.17, 15) is 19.7 Å². The molecule has 0 saturated carbocycles. The van der Waals surface area contributed by atoms with Gasteiger partial charge < -0.3 is 19.9 Å². The lowest BCUT2D eigenvalue weighted by atomic mass is 9.84. The van der Waals surface area contributed by atoms with Crippen molar-refractivity contribution >= 4 is 17.6 Å². The molecule has 0 radical (unpaired) electrons. The summed E-state index contributed by atoms with van der Waals surface area (Å²) in [7, 11) is 0. The molecule has 0 atom stereocenters. The maximum absolute atomic E-state index is 12.5. The zero-order chi connectivity index (χ0) is 20.5. The fraction of sp³-hybridized carbons (Fsp3) is 0.263. The number of carbonyl (C=O) groups excluding carboxylic acids is 1. The van der Waals surface area contributed by atoms with Crippen LogP contribution in [-0.4, -0.2) is 35.2 Å². The van der Waals surface area contributed by atoms with Gasteiger partial charge in [-0.3, -0.25) is 14.9 Å². The summed E-state index contributed by atoms with van der Waals surface area (Å²) >= 11 is 0. The van der Waals surface area contributed by atoms with Gasteiger partial charge in [-0.1, -0.05) is 19.9 Å². The molecule has 2 aromatic rings. The summed E-state index contributed by atoms with van der Waals surface area (Å²) in [5, 5.41) is 22.8. The molecule has 146 valence electrons. The highest BCUT2D eigenvalue weighted by atomic mass is 16.7. The normalized spacial score (nSPS) is 12.5. The summed E-state index contributed by atoms with van der Waals surface area (Å²) < 4.78 is 10.7. The quantitative estimate of drug-likeness (QED) is 0.577. The molecule has 2 aromatic carbocycles. The van der Waals surface area contributed by atoms with Gasteiger partial charge in [0.1, 0.15) is 0 Å². The number of carbonyl (C=O) groups is 2. The monoisotopic (exact) mass is 386 g/mol. The lowest BCUT2D eigenvalue weighted by molar-refractivity contribution is -0.384. The Morgan fingerprint density at radius 1 is 1.14 bits per heavy atom. The number of amides is 1. The molecule has 0 aliphatic carbocycles. The number of nitrogens with zero attached hydrogens (tertiary/aromatic N) is 1. The number of non-ortho nitro benzene ring substituents is 1. The smallest absolute Gasteiger partial charge is 0.335 e. The number of benzene rings is 2. The van der Waals surface area contributed by atoms with Crippen LogP contribution < -0.4 is 14.8 Å². The third-order valence-electron chi connectivity index (χ3n) is 4.48. The Morgan fingerprint density at radius 2 is 1.82 bits per heavy atom. The largest absolute Gasteiger partial charge is 0.478 e. The molecule has 0 bridgehead atoms. The molecule has 3 rings (SSSR count). The molecule has 0 aromatic heterocycles. The Morgan fingerprint density at radius 3 is 2.50 bits per heavy atom. The van der Waals surface area contributed by atoms with Crippen molar-refractivity contribution in [3.05, 3.63) is 63.2 Å². The Labute approximate surface area is 160 Å². The molecule has 9 nitrogen and oxygen atoms in total. The number of nitro groups is 1. The zero-order valence-electron chi connectivity index (χ0n) is 15.2. The molecule has 28 heavy (non-hydrogen) atoms. The number of nitro benzene ring substituents is 1. The van der Waals surface area contributed by atoms with Gasteiger partial charge >= 0.3 is 5.97 Å². The highest BCUT2D eigenvalue weighted by molar-refractivity contribution is 5.98. The van der Waals surface area contributed by atoms with Gasteiger partial charge in [0.05, 0.1) is 10.5 Å². The van der Waals surface area contributed by atoms with Crippen LogP contribution in [0.5, 0.6) is 11.5 Å². The summed E-state index contributed by atoms with van der Waals surface area (Å²) in [5.41, 5.74) is -0.447. The Kier molecular flexibility index (Phi) is 4.91. The number of carboxylic acids is 1. The first-order valence-electron chi connectivity index (χ1n) is 8.38. The molecule has 0 fully saturated rings. The van der Waals surface area contributed by atoms with Crippen molar-refractivity contribution in [3.63, 3.8) is 0 Å². The molecule has 0 unspecified atom stereocenters. The van der Waals surface area contributed by atoms with E-state index >= 15 is 0 Å².